The van der Waals surface area contributed by atoms with Crippen LogP contribution >= 0.6 is 34.8 Å². The van der Waals surface area contributed by atoms with E-state index in [9.17, 15) is 4.79 Å². The molecule has 5 heteroatoms. The zero-order valence-corrected chi connectivity index (χ0v) is 9.29. The molecule has 0 unspecified atom stereocenters. The van der Waals surface area contributed by atoms with Crippen LogP contribution in [0.2, 0.25) is 0 Å². The number of hydrogen-bond donors (Lipinski definition) is 1. The van der Waals surface area contributed by atoms with Crippen LogP contribution in [0, 0.1) is 3.57 Å². The molecular weight excluding hydrogens is 301 g/mol. The van der Waals surface area contributed by atoms with E-state index in [-0.39, 0.29) is 5.56 Å². The lowest BCUT2D eigenvalue weighted by molar-refractivity contribution is 0.0698. The molecule has 66 valence electrons. The standard InChI is InChI=1S/C8H4INO2S/c9-5-1-2-7(10-4-13)6(3-5)8(11)12/h1-3H,(H,11,12). The zero-order chi connectivity index (χ0) is 9.84. The first-order valence-electron chi connectivity index (χ1n) is 3.26. The van der Waals surface area contributed by atoms with E-state index in [1.807, 2.05) is 22.6 Å². The van der Waals surface area contributed by atoms with Gasteiger partial charge in [-0.1, -0.05) is 0 Å². The summed E-state index contributed by atoms with van der Waals surface area (Å²) in [5, 5.41) is 10.9. The Morgan fingerprint density at radius 3 is 2.85 bits per heavy atom. The second-order valence-electron chi connectivity index (χ2n) is 2.17. The Morgan fingerprint density at radius 1 is 1.62 bits per heavy atom. The third kappa shape index (κ3) is 2.58. The van der Waals surface area contributed by atoms with E-state index in [2.05, 4.69) is 22.4 Å². The molecule has 0 amide bonds. The van der Waals surface area contributed by atoms with Crippen LogP contribution in [0.4, 0.5) is 5.69 Å². The third-order valence-electron chi connectivity index (χ3n) is 1.36. The van der Waals surface area contributed by atoms with Gasteiger partial charge in [0.2, 0.25) is 0 Å². The maximum absolute atomic E-state index is 10.7. The summed E-state index contributed by atoms with van der Waals surface area (Å²) in [5.74, 6) is -1.01. The van der Waals surface area contributed by atoms with Gasteiger partial charge in [-0.15, -0.1) is 0 Å². The molecule has 13 heavy (non-hydrogen) atoms. The first-order chi connectivity index (χ1) is 6.15. The number of carboxylic acids is 1. The van der Waals surface area contributed by atoms with Gasteiger partial charge in [-0.25, -0.2) is 4.79 Å². The van der Waals surface area contributed by atoms with Crippen LogP contribution in [0.15, 0.2) is 23.2 Å². The fourth-order valence-corrected chi connectivity index (χ4v) is 1.42. The average molecular weight is 305 g/mol. The molecule has 0 saturated heterocycles. The van der Waals surface area contributed by atoms with Gasteiger partial charge in [-0.2, -0.15) is 4.99 Å². The van der Waals surface area contributed by atoms with E-state index >= 15 is 0 Å². The van der Waals surface area contributed by atoms with Crippen LogP contribution in [0.1, 0.15) is 10.4 Å². The van der Waals surface area contributed by atoms with Crippen molar-refractivity contribution >= 4 is 51.6 Å². The molecule has 0 fully saturated rings. The summed E-state index contributed by atoms with van der Waals surface area (Å²) in [6, 6.07) is 4.90. The summed E-state index contributed by atoms with van der Waals surface area (Å²) < 4.78 is 0.846. The lowest BCUT2D eigenvalue weighted by Gasteiger charge is -1.98. The lowest BCUT2D eigenvalue weighted by atomic mass is 10.2. The van der Waals surface area contributed by atoms with Crippen LogP contribution in [0.3, 0.4) is 0 Å². The van der Waals surface area contributed by atoms with Crippen molar-refractivity contribution in [1.82, 2.24) is 0 Å². The van der Waals surface area contributed by atoms with E-state index < -0.39 is 5.97 Å². The minimum absolute atomic E-state index is 0.143. The normalized spacial score (nSPS) is 9.00. The molecule has 0 bridgehead atoms. The summed E-state index contributed by atoms with van der Waals surface area (Å²) in [6.07, 6.45) is 0. The second kappa shape index (κ2) is 4.45. The molecule has 0 atom stereocenters. The quantitative estimate of drug-likeness (QED) is 0.519. The van der Waals surface area contributed by atoms with Gasteiger partial charge in [0.15, 0.2) is 0 Å². The molecule has 1 rings (SSSR count). The number of halogens is 1. The van der Waals surface area contributed by atoms with Crippen LogP contribution in [0.25, 0.3) is 0 Å². The molecular formula is C8H4INO2S. The number of rotatable bonds is 2. The Kier molecular flexibility index (Phi) is 3.53. The van der Waals surface area contributed by atoms with Crippen molar-refractivity contribution in [2.24, 2.45) is 4.99 Å². The van der Waals surface area contributed by atoms with E-state index in [4.69, 9.17) is 5.11 Å². The molecule has 3 nitrogen and oxygen atoms in total. The number of isothiocyanates is 1. The van der Waals surface area contributed by atoms with Crippen molar-refractivity contribution in [2.75, 3.05) is 0 Å². The molecule has 1 aromatic carbocycles. The molecule has 1 aromatic rings. The van der Waals surface area contributed by atoms with Crippen LogP contribution in [0.5, 0.6) is 0 Å². The first kappa shape index (κ1) is 10.3. The maximum atomic E-state index is 10.7. The molecule has 1 N–H and O–H groups in total. The molecule has 0 aliphatic heterocycles. The van der Waals surface area contributed by atoms with Crippen molar-refractivity contribution in [3.8, 4) is 0 Å². The SMILES string of the molecule is O=C(O)c1cc(I)ccc1N=C=S. The maximum Gasteiger partial charge on any atom is 0.337 e. The highest BCUT2D eigenvalue weighted by Gasteiger charge is 2.08. The molecule has 0 heterocycles. The van der Waals surface area contributed by atoms with E-state index in [0.29, 0.717) is 5.69 Å². The van der Waals surface area contributed by atoms with Crippen molar-refractivity contribution in [3.05, 3.63) is 27.3 Å². The second-order valence-corrected chi connectivity index (χ2v) is 3.60. The van der Waals surface area contributed by atoms with Gasteiger partial charge in [-0.05, 0) is 53.0 Å². The van der Waals surface area contributed by atoms with Gasteiger partial charge in [0.05, 0.1) is 16.4 Å². The number of carboxylic acid groups (broad SMARTS) is 1. The van der Waals surface area contributed by atoms with Gasteiger partial charge < -0.3 is 5.11 Å². The fourth-order valence-electron chi connectivity index (χ4n) is 0.826. The number of hydrogen-bond acceptors (Lipinski definition) is 3. The number of nitrogens with zero attached hydrogens (tertiary/aromatic N) is 1. The molecule has 0 saturated carbocycles. The monoisotopic (exact) mass is 305 g/mol. The van der Waals surface area contributed by atoms with Crippen LogP contribution in [-0.2, 0) is 0 Å². The van der Waals surface area contributed by atoms with Gasteiger partial charge >= 0.3 is 5.97 Å². The molecule has 0 aliphatic carbocycles. The summed E-state index contributed by atoms with van der Waals surface area (Å²) in [4.78, 5) is 14.4. The van der Waals surface area contributed by atoms with E-state index in [0.717, 1.165) is 3.57 Å². The molecule has 0 aliphatic rings. The summed E-state index contributed by atoms with van der Waals surface area (Å²) in [5.41, 5.74) is 0.479. The Balaban J connectivity index is 3.34. The van der Waals surface area contributed by atoms with Crippen molar-refractivity contribution in [2.45, 2.75) is 0 Å². The Labute approximate surface area is 93.6 Å². The first-order valence-corrected chi connectivity index (χ1v) is 4.74. The zero-order valence-electron chi connectivity index (χ0n) is 6.32. The number of carbonyl (C=O) groups is 1. The van der Waals surface area contributed by atoms with Gasteiger partial charge in [0.1, 0.15) is 0 Å². The van der Waals surface area contributed by atoms with Gasteiger partial charge in [0, 0.05) is 3.57 Å². The minimum atomic E-state index is -1.01. The Hall–Kier alpha value is -0.780. The predicted molar refractivity (Wildman–Crippen MR) is 60.8 cm³/mol. The summed E-state index contributed by atoms with van der Waals surface area (Å²) in [6.45, 7) is 0. The van der Waals surface area contributed by atoms with Crippen molar-refractivity contribution in [1.29, 1.82) is 0 Å². The Bertz CT molecular complexity index is 399. The molecule has 0 radical (unpaired) electrons. The van der Waals surface area contributed by atoms with Crippen molar-refractivity contribution in [3.63, 3.8) is 0 Å². The van der Waals surface area contributed by atoms with Crippen LogP contribution < -0.4 is 0 Å². The predicted octanol–water partition coefficient (Wildman–Crippen LogP) is 2.72. The highest BCUT2D eigenvalue weighted by atomic mass is 127. The highest BCUT2D eigenvalue weighted by Crippen LogP contribution is 2.21. The molecule has 0 spiro atoms. The minimum Gasteiger partial charge on any atom is -0.478 e. The third-order valence-corrected chi connectivity index (χ3v) is 2.12. The van der Waals surface area contributed by atoms with E-state index in [1.54, 1.807) is 12.1 Å². The summed E-state index contributed by atoms with van der Waals surface area (Å²) in [7, 11) is 0. The van der Waals surface area contributed by atoms with Crippen molar-refractivity contribution < 1.29 is 9.90 Å². The number of aliphatic imine (C=N–C) groups is 1. The average Bonchev–Trinajstić information content (AvgIpc) is 2.08. The molecule has 0 aromatic heterocycles. The Morgan fingerprint density at radius 2 is 2.31 bits per heavy atom. The van der Waals surface area contributed by atoms with E-state index in [1.165, 1.54) is 6.07 Å². The number of benzene rings is 1. The summed E-state index contributed by atoms with van der Waals surface area (Å²) >= 11 is 6.43. The van der Waals surface area contributed by atoms with Gasteiger partial charge in [0.25, 0.3) is 0 Å². The number of thiocarbonyl (C=S) groups is 1. The topological polar surface area (TPSA) is 49.7 Å². The van der Waals surface area contributed by atoms with Gasteiger partial charge in [-0.3, -0.25) is 0 Å². The fraction of sp³-hybridized carbons (Fsp3) is 0. The largest absolute Gasteiger partial charge is 0.478 e. The van der Waals surface area contributed by atoms with Crippen LogP contribution in [-0.4, -0.2) is 16.2 Å². The lowest BCUT2D eigenvalue weighted by Crippen LogP contribution is -1.96. The smallest absolute Gasteiger partial charge is 0.337 e. The highest BCUT2D eigenvalue weighted by molar-refractivity contribution is 14.1. The number of aromatic carboxylic acids is 1.